The molecule has 0 aliphatic rings. The summed E-state index contributed by atoms with van der Waals surface area (Å²) >= 11 is 2.98. The van der Waals surface area contributed by atoms with E-state index in [4.69, 9.17) is 5.73 Å². The van der Waals surface area contributed by atoms with Crippen molar-refractivity contribution >= 4 is 32.4 Å². The second-order valence-corrected chi connectivity index (χ2v) is 6.19. The summed E-state index contributed by atoms with van der Waals surface area (Å²) in [5.74, 6) is -1.67. The van der Waals surface area contributed by atoms with Crippen LogP contribution in [0.5, 0.6) is 0 Å². The number of nitrogen functional groups attached to an aromatic ring is 1. The van der Waals surface area contributed by atoms with Gasteiger partial charge in [-0.1, -0.05) is 6.07 Å². The van der Waals surface area contributed by atoms with E-state index in [1.165, 1.54) is 12.1 Å². The molecule has 0 aliphatic heterocycles. The van der Waals surface area contributed by atoms with Gasteiger partial charge >= 0.3 is 0 Å². The molecule has 2 rings (SSSR count). The first-order valence-corrected chi connectivity index (χ1v) is 7.46. The lowest BCUT2D eigenvalue weighted by atomic mass is 10.2. The largest absolute Gasteiger partial charge is 0.399 e. The second-order valence-electron chi connectivity index (χ2n) is 3.88. The molecule has 6 heteroatoms. The van der Waals surface area contributed by atoms with Crippen LogP contribution in [0.15, 0.2) is 45.8 Å². The molecular formula is C13H10BrF2NOS. The highest BCUT2D eigenvalue weighted by atomic mass is 79.9. The molecule has 0 bridgehead atoms. The molecule has 0 spiro atoms. The monoisotopic (exact) mass is 345 g/mol. The number of rotatable bonds is 3. The number of anilines is 1. The summed E-state index contributed by atoms with van der Waals surface area (Å²) in [4.78, 5) is 0.443. The van der Waals surface area contributed by atoms with Crippen LogP contribution in [-0.4, -0.2) is 4.21 Å². The molecule has 0 radical (unpaired) electrons. The fraction of sp³-hybridized carbons (Fsp3) is 0.0769. The van der Waals surface area contributed by atoms with Crippen LogP contribution < -0.4 is 5.73 Å². The van der Waals surface area contributed by atoms with E-state index in [2.05, 4.69) is 15.9 Å². The maximum absolute atomic E-state index is 13.8. The fourth-order valence-corrected chi connectivity index (χ4v) is 3.13. The summed E-state index contributed by atoms with van der Waals surface area (Å²) in [6.45, 7) is 0. The van der Waals surface area contributed by atoms with E-state index in [0.29, 0.717) is 10.6 Å². The first-order valence-electron chi connectivity index (χ1n) is 5.35. The molecule has 0 saturated carbocycles. The van der Waals surface area contributed by atoms with Gasteiger partial charge in [-0.3, -0.25) is 4.21 Å². The lowest BCUT2D eigenvalue weighted by molar-refractivity contribution is 0.560. The van der Waals surface area contributed by atoms with E-state index in [1.807, 2.05) is 0 Å². The van der Waals surface area contributed by atoms with Gasteiger partial charge in [0.05, 0.1) is 21.0 Å². The van der Waals surface area contributed by atoms with Gasteiger partial charge in [-0.2, -0.15) is 0 Å². The molecule has 2 N–H and O–H groups in total. The summed E-state index contributed by atoms with van der Waals surface area (Å²) < 4.78 is 39.6. The van der Waals surface area contributed by atoms with Gasteiger partial charge in [0.15, 0.2) is 0 Å². The summed E-state index contributed by atoms with van der Waals surface area (Å²) in [5.41, 5.74) is 5.84. The topological polar surface area (TPSA) is 43.1 Å². The van der Waals surface area contributed by atoms with Crippen LogP contribution in [0.4, 0.5) is 14.5 Å². The Bertz CT molecular complexity index is 649. The van der Waals surface area contributed by atoms with Crippen LogP contribution in [0.2, 0.25) is 0 Å². The van der Waals surface area contributed by atoms with E-state index >= 15 is 0 Å². The molecule has 19 heavy (non-hydrogen) atoms. The smallest absolute Gasteiger partial charge is 0.144 e. The minimum atomic E-state index is -1.55. The molecule has 0 aromatic heterocycles. The highest BCUT2D eigenvalue weighted by molar-refractivity contribution is 9.10. The molecular weight excluding hydrogens is 336 g/mol. The van der Waals surface area contributed by atoms with Gasteiger partial charge in [-0.15, -0.1) is 0 Å². The van der Waals surface area contributed by atoms with Crippen molar-refractivity contribution in [2.75, 3.05) is 5.73 Å². The van der Waals surface area contributed by atoms with Gasteiger partial charge in [0.2, 0.25) is 0 Å². The van der Waals surface area contributed by atoms with Crippen molar-refractivity contribution in [3.63, 3.8) is 0 Å². The number of halogens is 3. The summed E-state index contributed by atoms with van der Waals surface area (Å²) in [7, 11) is -1.55. The van der Waals surface area contributed by atoms with Crippen LogP contribution in [0, 0.1) is 11.6 Å². The van der Waals surface area contributed by atoms with E-state index in [9.17, 15) is 13.0 Å². The number of hydrogen-bond acceptors (Lipinski definition) is 2. The first kappa shape index (κ1) is 14.1. The van der Waals surface area contributed by atoms with E-state index < -0.39 is 22.4 Å². The third kappa shape index (κ3) is 3.19. The van der Waals surface area contributed by atoms with Crippen LogP contribution in [-0.2, 0) is 16.6 Å². The SMILES string of the molecule is Nc1cccc(S(=O)Cc2c(F)ccc(Br)c2F)c1. The third-order valence-corrected chi connectivity index (χ3v) is 4.48. The van der Waals surface area contributed by atoms with Crippen molar-refractivity contribution in [2.45, 2.75) is 10.6 Å². The first-order chi connectivity index (χ1) is 8.99. The molecule has 1 unspecified atom stereocenters. The predicted molar refractivity (Wildman–Crippen MR) is 75.0 cm³/mol. The standard InChI is InChI=1S/C13H10BrF2NOS/c14-11-4-5-12(15)10(13(11)16)7-19(18)9-3-1-2-8(17)6-9/h1-6H,7,17H2. The molecule has 2 aromatic carbocycles. The van der Waals surface area contributed by atoms with Gasteiger partial charge < -0.3 is 5.73 Å². The molecule has 2 nitrogen and oxygen atoms in total. The van der Waals surface area contributed by atoms with Crippen LogP contribution in [0.1, 0.15) is 5.56 Å². The maximum Gasteiger partial charge on any atom is 0.144 e. The van der Waals surface area contributed by atoms with Gasteiger partial charge in [-0.05, 0) is 46.3 Å². The Kier molecular flexibility index (Phi) is 4.31. The highest BCUT2D eigenvalue weighted by Gasteiger charge is 2.16. The summed E-state index contributed by atoms with van der Waals surface area (Å²) in [6.07, 6.45) is 0. The predicted octanol–water partition coefficient (Wildman–Crippen LogP) is 3.62. The van der Waals surface area contributed by atoms with Crippen molar-refractivity contribution in [1.82, 2.24) is 0 Å². The number of nitrogens with two attached hydrogens (primary N) is 1. The average Bonchev–Trinajstić information content (AvgIpc) is 2.39. The van der Waals surface area contributed by atoms with E-state index in [0.717, 1.165) is 6.07 Å². The van der Waals surface area contributed by atoms with Crippen molar-refractivity contribution in [1.29, 1.82) is 0 Å². The van der Waals surface area contributed by atoms with Crippen LogP contribution in [0.3, 0.4) is 0 Å². The molecule has 0 heterocycles. The Morgan fingerprint density at radius 3 is 2.63 bits per heavy atom. The Hall–Kier alpha value is -1.27. The van der Waals surface area contributed by atoms with Gasteiger partial charge in [0.1, 0.15) is 11.6 Å². The molecule has 0 saturated heterocycles. The molecule has 1 atom stereocenters. The Balaban J connectivity index is 2.32. The summed E-state index contributed by atoms with van der Waals surface area (Å²) in [5, 5.41) is 0. The van der Waals surface area contributed by atoms with Gasteiger partial charge in [-0.25, -0.2) is 8.78 Å². The minimum Gasteiger partial charge on any atom is -0.399 e. The Morgan fingerprint density at radius 2 is 1.95 bits per heavy atom. The maximum atomic E-state index is 13.8. The number of hydrogen-bond donors (Lipinski definition) is 1. The fourth-order valence-electron chi connectivity index (χ4n) is 1.57. The highest BCUT2D eigenvalue weighted by Crippen LogP contribution is 2.24. The van der Waals surface area contributed by atoms with Crippen molar-refractivity contribution in [3.05, 3.63) is 58.1 Å². The molecule has 0 amide bonds. The van der Waals surface area contributed by atoms with Crippen molar-refractivity contribution < 1.29 is 13.0 Å². The quantitative estimate of drug-likeness (QED) is 0.681. The molecule has 0 aliphatic carbocycles. The van der Waals surface area contributed by atoms with Crippen molar-refractivity contribution in [2.24, 2.45) is 0 Å². The van der Waals surface area contributed by atoms with E-state index in [-0.39, 0.29) is 15.8 Å². The lowest BCUT2D eigenvalue weighted by Gasteiger charge is -2.07. The zero-order valence-electron chi connectivity index (χ0n) is 9.70. The Labute approximate surface area is 120 Å². The second kappa shape index (κ2) is 5.79. The van der Waals surface area contributed by atoms with Gasteiger partial charge in [0, 0.05) is 16.1 Å². The third-order valence-electron chi connectivity index (χ3n) is 2.54. The molecule has 2 aromatic rings. The zero-order chi connectivity index (χ0) is 14.0. The summed E-state index contributed by atoms with van der Waals surface area (Å²) in [6, 6.07) is 8.86. The Morgan fingerprint density at radius 1 is 1.21 bits per heavy atom. The zero-order valence-corrected chi connectivity index (χ0v) is 12.1. The normalized spacial score (nSPS) is 12.4. The minimum absolute atomic E-state index is 0.147. The molecule has 0 fully saturated rings. The molecule has 100 valence electrons. The lowest BCUT2D eigenvalue weighted by Crippen LogP contribution is -2.03. The average molecular weight is 346 g/mol. The van der Waals surface area contributed by atoms with E-state index in [1.54, 1.807) is 18.2 Å². The van der Waals surface area contributed by atoms with Crippen molar-refractivity contribution in [3.8, 4) is 0 Å². The van der Waals surface area contributed by atoms with Crippen LogP contribution >= 0.6 is 15.9 Å². The number of benzene rings is 2. The van der Waals surface area contributed by atoms with Crippen LogP contribution in [0.25, 0.3) is 0 Å². The van der Waals surface area contributed by atoms with Gasteiger partial charge in [0.25, 0.3) is 0 Å².